The Morgan fingerprint density at radius 1 is 1.12 bits per heavy atom. The van der Waals surface area contributed by atoms with Gasteiger partial charge in [-0.05, 0) is 74.0 Å². The van der Waals surface area contributed by atoms with E-state index in [1.165, 1.54) is 18.9 Å². The third-order valence-corrected chi connectivity index (χ3v) is 8.74. The molecular formula is C28H32F3NO2. The number of hydrogen-bond donors (Lipinski definition) is 0. The van der Waals surface area contributed by atoms with Gasteiger partial charge in [0.1, 0.15) is 6.29 Å². The molecule has 2 fully saturated rings. The van der Waals surface area contributed by atoms with Crippen LogP contribution in [0.5, 0.6) is 0 Å². The summed E-state index contributed by atoms with van der Waals surface area (Å²) in [7, 11) is 0. The molecule has 0 N–H and O–H groups in total. The maximum Gasteiger partial charge on any atom is 0.412 e. The number of allylic oxidation sites excluding steroid dienone is 4. The van der Waals surface area contributed by atoms with Crippen molar-refractivity contribution in [3.63, 3.8) is 0 Å². The van der Waals surface area contributed by atoms with Crippen LogP contribution in [-0.4, -0.2) is 23.2 Å². The highest BCUT2D eigenvalue weighted by molar-refractivity contribution is 5.99. The second-order valence-corrected chi connectivity index (χ2v) is 10.9. The smallest absolute Gasteiger partial charge is 0.298 e. The van der Waals surface area contributed by atoms with Crippen molar-refractivity contribution in [3.05, 3.63) is 51.9 Å². The fourth-order valence-corrected chi connectivity index (χ4v) is 6.97. The molecule has 0 amide bonds. The van der Waals surface area contributed by atoms with E-state index in [0.29, 0.717) is 43.5 Å². The summed E-state index contributed by atoms with van der Waals surface area (Å²) in [6, 6.07) is 2.17. The summed E-state index contributed by atoms with van der Waals surface area (Å²) in [5.41, 5.74) is 3.13. The number of aromatic nitrogens is 1. The molecule has 6 heteroatoms. The minimum atomic E-state index is -4.38. The molecule has 1 spiro atoms. The van der Waals surface area contributed by atoms with Gasteiger partial charge in [0.2, 0.25) is 0 Å². The number of carbonyl (C=O) groups is 2. The summed E-state index contributed by atoms with van der Waals surface area (Å²) in [5.74, 6) is 0.824. The third kappa shape index (κ3) is 4.07. The standard InChI is InChI=1S/C28H32F3NO2/c1-2-5-18-10-23(17-6-3-4-7-17)32-24-11-19(12-25(34)26(18)24)20-13-27(14-20)15-21(28(29,30)31)8-9-22(27)16-33/h8-10,16-17,19-20H,2-7,11-15H2,1H3. The van der Waals surface area contributed by atoms with Crippen LogP contribution in [0.25, 0.3) is 0 Å². The second kappa shape index (κ2) is 8.76. The van der Waals surface area contributed by atoms with E-state index in [1.807, 2.05) is 0 Å². The van der Waals surface area contributed by atoms with E-state index in [9.17, 15) is 22.8 Å². The Morgan fingerprint density at radius 3 is 2.50 bits per heavy atom. The van der Waals surface area contributed by atoms with Gasteiger partial charge in [0.05, 0.1) is 5.69 Å². The lowest BCUT2D eigenvalue weighted by Gasteiger charge is -2.53. The number of fused-ring (bicyclic) bond motifs is 1. The van der Waals surface area contributed by atoms with Gasteiger partial charge in [0, 0.05) is 34.6 Å². The van der Waals surface area contributed by atoms with Gasteiger partial charge < -0.3 is 0 Å². The molecule has 4 aliphatic carbocycles. The number of halogens is 3. The maximum atomic E-state index is 13.4. The number of aryl methyl sites for hydroxylation is 1. The molecule has 0 aromatic carbocycles. The van der Waals surface area contributed by atoms with Crippen molar-refractivity contribution in [2.24, 2.45) is 17.3 Å². The van der Waals surface area contributed by atoms with Crippen LogP contribution in [-0.2, 0) is 17.6 Å². The number of hydrogen-bond acceptors (Lipinski definition) is 3. The summed E-state index contributed by atoms with van der Waals surface area (Å²) >= 11 is 0. The van der Waals surface area contributed by atoms with Crippen LogP contribution in [0.3, 0.4) is 0 Å². The minimum absolute atomic E-state index is 0.0829. The molecule has 4 aliphatic rings. The van der Waals surface area contributed by atoms with Crippen molar-refractivity contribution < 1.29 is 22.8 Å². The van der Waals surface area contributed by atoms with Gasteiger partial charge in [-0.3, -0.25) is 14.6 Å². The van der Waals surface area contributed by atoms with Gasteiger partial charge in [-0.2, -0.15) is 13.2 Å². The molecule has 1 unspecified atom stereocenters. The first-order chi connectivity index (χ1) is 16.2. The van der Waals surface area contributed by atoms with Crippen molar-refractivity contribution in [2.45, 2.75) is 89.6 Å². The summed E-state index contributed by atoms with van der Waals surface area (Å²) in [6.07, 6.45) is 7.38. The molecule has 182 valence electrons. The first-order valence-electron chi connectivity index (χ1n) is 12.7. The predicted octanol–water partition coefficient (Wildman–Crippen LogP) is 6.85. The predicted molar refractivity (Wildman–Crippen MR) is 124 cm³/mol. The lowest BCUT2D eigenvalue weighted by Crippen LogP contribution is -2.46. The van der Waals surface area contributed by atoms with Gasteiger partial charge in [-0.15, -0.1) is 0 Å². The number of alkyl halides is 3. The minimum Gasteiger partial charge on any atom is -0.298 e. The second-order valence-electron chi connectivity index (χ2n) is 10.9. The van der Waals surface area contributed by atoms with Crippen molar-refractivity contribution in [2.75, 3.05) is 0 Å². The van der Waals surface area contributed by atoms with E-state index < -0.39 is 17.2 Å². The molecule has 34 heavy (non-hydrogen) atoms. The number of rotatable bonds is 5. The number of pyridine rings is 1. The molecule has 0 saturated heterocycles. The average Bonchev–Trinajstić information content (AvgIpc) is 3.31. The van der Waals surface area contributed by atoms with Crippen LogP contribution in [0.4, 0.5) is 13.2 Å². The first-order valence-corrected chi connectivity index (χ1v) is 12.7. The topological polar surface area (TPSA) is 47.0 Å². The number of carbonyl (C=O) groups excluding carboxylic acids is 2. The molecule has 0 aliphatic heterocycles. The summed E-state index contributed by atoms with van der Waals surface area (Å²) in [6.45, 7) is 2.12. The Morgan fingerprint density at radius 2 is 1.85 bits per heavy atom. The number of aldehydes is 1. The lowest BCUT2D eigenvalue weighted by atomic mass is 9.51. The molecule has 1 aromatic rings. The average molecular weight is 472 g/mol. The summed E-state index contributed by atoms with van der Waals surface area (Å²) < 4.78 is 40.1. The van der Waals surface area contributed by atoms with Gasteiger partial charge in [-0.25, -0.2) is 0 Å². The van der Waals surface area contributed by atoms with E-state index in [1.54, 1.807) is 0 Å². The fourth-order valence-electron chi connectivity index (χ4n) is 6.97. The van der Waals surface area contributed by atoms with Crippen LogP contribution >= 0.6 is 0 Å². The highest BCUT2D eigenvalue weighted by atomic mass is 19.4. The first kappa shape index (κ1) is 23.5. The molecule has 1 atom stereocenters. The SMILES string of the molecule is CCCc1cc(C2CCCC2)nc2c1C(=O)CC(C1CC3(CC(C(F)(F)F)=CC=C3C=O)C1)C2. The van der Waals surface area contributed by atoms with Crippen LogP contribution < -0.4 is 0 Å². The Hall–Kier alpha value is -2.24. The molecule has 1 aromatic heterocycles. The molecule has 5 rings (SSSR count). The fraction of sp³-hybridized carbons (Fsp3) is 0.607. The third-order valence-electron chi connectivity index (χ3n) is 8.74. The lowest BCUT2D eigenvalue weighted by molar-refractivity contribution is -0.111. The van der Waals surface area contributed by atoms with Crippen molar-refractivity contribution >= 4 is 12.1 Å². The van der Waals surface area contributed by atoms with Gasteiger partial charge in [-0.1, -0.05) is 38.3 Å². The molecular weight excluding hydrogens is 439 g/mol. The normalized spacial score (nSPS) is 29.5. The molecule has 0 bridgehead atoms. The quantitative estimate of drug-likeness (QED) is 0.441. The van der Waals surface area contributed by atoms with Gasteiger partial charge in [0.25, 0.3) is 0 Å². The summed E-state index contributed by atoms with van der Waals surface area (Å²) in [4.78, 5) is 29.9. The Bertz CT molecular complexity index is 1060. The zero-order valence-electron chi connectivity index (χ0n) is 19.7. The highest BCUT2D eigenvalue weighted by Crippen LogP contribution is 2.60. The number of ketones is 1. The van der Waals surface area contributed by atoms with Crippen LogP contribution in [0.1, 0.15) is 97.9 Å². The number of nitrogens with zero attached hydrogens (tertiary/aromatic N) is 1. The Labute approximate surface area is 198 Å². The molecule has 2 saturated carbocycles. The van der Waals surface area contributed by atoms with Gasteiger partial charge in [0.15, 0.2) is 5.78 Å². The van der Waals surface area contributed by atoms with E-state index >= 15 is 0 Å². The van der Waals surface area contributed by atoms with E-state index in [0.717, 1.165) is 54.3 Å². The monoisotopic (exact) mass is 471 g/mol. The highest BCUT2D eigenvalue weighted by Gasteiger charge is 2.54. The van der Waals surface area contributed by atoms with E-state index in [-0.39, 0.29) is 24.0 Å². The maximum absolute atomic E-state index is 13.4. The van der Waals surface area contributed by atoms with Crippen LogP contribution in [0.15, 0.2) is 29.4 Å². The van der Waals surface area contributed by atoms with Crippen LogP contribution in [0, 0.1) is 17.3 Å². The zero-order chi connectivity index (χ0) is 24.1. The number of Topliss-reactive ketones (excluding diaryl/α,β-unsaturated/α-hetero) is 1. The molecule has 1 heterocycles. The largest absolute Gasteiger partial charge is 0.412 e. The Balaban J connectivity index is 1.38. The zero-order valence-corrected chi connectivity index (χ0v) is 19.7. The van der Waals surface area contributed by atoms with E-state index in [2.05, 4.69) is 13.0 Å². The van der Waals surface area contributed by atoms with Crippen LogP contribution in [0.2, 0.25) is 0 Å². The van der Waals surface area contributed by atoms with Crippen molar-refractivity contribution in [3.8, 4) is 0 Å². The summed E-state index contributed by atoms with van der Waals surface area (Å²) in [5, 5.41) is 0. The van der Waals surface area contributed by atoms with Gasteiger partial charge >= 0.3 is 6.18 Å². The molecule has 0 radical (unpaired) electrons. The molecule has 3 nitrogen and oxygen atoms in total. The Kier molecular flexibility index (Phi) is 6.06. The van der Waals surface area contributed by atoms with E-state index in [4.69, 9.17) is 4.98 Å². The van der Waals surface area contributed by atoms with Crippen molar-refractivity contribution in [1.29, 1.82) is 0 Å². The van der Waals surface area contributed by atoms with Crippen molar-refractivity contribution in [1.82, 2.24) is 4.98 Å².